The molecule has 0 fully saturated rings. The van der Waals surface area contributed by atoms with Gasteiger partial charge in [0.1, 0.15) is 0 Å². The largest absolute Gasteiger partial charge is 0.326 e. The van der Waals surface area contributed by atoms with E-state index >= 15 is 0 Å². The molecule has 0 bridgehead atoms. The minimum Gasteiger partial charge on any atom is -0.326 e. The average molecular weight is 334 g/mol. The monoisotopic (exact) mass is 334 g/mol. The molecule has 0 saturated carbocycles. The topological polar surface area (TPSA) is 106 Å². The molecule has 0 radical (unpaired) electrons. The summed E-state index contributed by atoms with van der Waals surface area (Å²) in [6.45, 7) is 1.71. The third kappa shape index (κ3) is 3.72. The summed E-state index contributed by atoms with van der Waals surface area (Å²) >= 11 is 0. The van der Waals surface area contributed by atoms with E-state index in [9.17, 15) is 23.3 Å². The highest BCUT2D eigenvalue weighted by Crippen LogP contribution is 2.24. The van der Waals surface area contributed by atoms with Crippen molar-refractivity contribution in [3.05, 3.63) is 58.6 Å². The van der Waals surface area contributed by atoms with Crippen LogP contribution in [0.2, 0.25) is 0 Å². The summed E-state index contributed by atoms with van der Waals surface area (Å²) in [5.74, 6) is -0.170. The van der Waals surface area contributed by atoms with Gasteiger partial charge in [-0.3, -0.25) is 14.9 Å². The Kier molecular flexibility index (Phi) is 4.75. The third-order valence-electron chi connectivity index (χ3n) is 3.13. The van der Waals surface area contributed by atoms with Crippen LogP contribution in [0.4, 0.5) is 11.4 Å². The van der Waals surface area contributed by atoms with Crippen molar-refractivity contribution in [3.8, 4) is 0 Å². The molecule has 1 amide bonds. The second kappa shape index (κ2) is 6.57. The Morgan fingerprint density at radius 3 is 1.96 bits per heavy atom. The van der Waals surface area contributed by atoms with Gasteiger partial charge in [-0.25, -0.2) is 8.42 Å². The molecule has 23 heavy (non-hydrogen) atoms. The van der Waals surface area contributed by atoms with Gasteiger partial charge in [-0.2, -0.15) is 0 Å². The SMILES string of the molecule is CCC(=O)Nc1ccc(S(=O)(=O)c2ccc([N+](=O)[O-])cc2)cc1. The Labute approximate surface area is 133 Å². The highest BCUT2D eigenvalue weighted by Gasteiger charge is 2.18. The van der Waals surface area contributed by atoms with E-state index in [0.717, 1.165) is 12.1 Å². The van der Waals surface area contributed by atoms with E-state index in [1.807, 2.05) is 0 Å². The number of non-ortho nitro benzene ring substituents is 1. The molecule has 0 saturated heterocycles. The second-order valence-corrected chi connectivity index (χ2v) is 6.63. The Hall–Kier alpha value is -2.74. The molecular weight excluding hydrogens is 320 g/mol. The molecule has 7 nitrogen and oxygen atoms in total. The van der Waals surface area contributed by atoms with Gasteiger partial charge in [0, 0.05) is 24.2 Å². The molecule has 0 aliphatic carbocycles. The number of benzene rings is 2. The van der Waals surface area contributed by atoms with Crippen molar-refractivity contribution in [2.24, 2.45) is 0 Å². The van der Waals surface area contributed by atoms with Crippen LogP contribution in [-0.4, -0.2) is 19.2 Å². The van der Waals surface area contributed by atoms with Crippen molar-refractivity contribution in [2.45, 2.75) is 23.1 Å². The average Bonchev–Trinajstić information content (AvgIpc) is 2.55. The molecule has 0 aliphatic rings. The van der Waals surface area contributed by atoms with E-state index in [1.165, 1.54) is 36.4 Å². The van der Waals surface area contributed by atoms with Gasteiger partial charge < -0.3 is 5.32 Å². The quantitative estimate of drug-likeness (QED) is 0.668. The van der Waals surface area contributed by atoms with Crippen LogP contribution in [0.25, 0.3) is 0 Å². The van der Waals surface area contributed by atoms with Gasteiger partial charge in [0.05, 0.1) is 14.7 Å². The third-order valence-corrected chi connectivity index (χ3v) is 4.91. The summed E-state index contributed by atoms with van der Waals surface area (Å²) in [7, 11) is -3.77. The van der Waals surface area contributed by atoms with Gasteiger partial charge in [0.15, 0.2) is 0 Å². The number of nitrogens with zero attached hydrogens (tertiary/aromatic N) is 1. The molecule has 0 heterocycles. The van der Waals surface area contributed by atoms with Gasteiger partial charge in [0.25, 0.3) is 5.69 Å². The van der Waals surface area contributed by atoms with Gasteiger partial charge in [-0.05, 0) is 36.4 Å². The molecule has 2 aromatic carbocycles. The van der Waals surface area contributed by atoms with E-state index in [0.29, 0.717) is 12.1 Å². The van der Waals surface area contributed by atoms with E-state index in [-0.39, 0.29) is 21.4 Å². The first-order chi connectivity index (χ1) is 10.8. The fraction of sp³-hybridized carbons (Fsp3) is 0.133. The number of nitro benzene ring substituents is 1. The highest BCUT2D eigenvalue weighted by molar-refractivity contribution is 7.91. The van der Waals surface area contributed by atoms with Crippen LogP contribution in [0.3, 0.4) is 0 Å². The first kappa shape index (κ1) is 16.6. The van der Waals surface area contributed by atoms with Crippen molar-refractivity contribution >= 4 is 27.1 Å². The Morgan fingerprint density at radius 2 is 1.52 bits per heavy atom. The number of rotatable bonds is 5. The van der Waals surface area contributed by atoms with Gasteiger partial charge >= 0.3 is 0 Å². The lowest BCUT2D eigenvalue weighted by molar-refractivity contribution is -0.384. The maximum absolute atomic E-state index is 12.4. The Bertz CT molecular complexity index is 827. The van der Waals surface area contributed by atoms with E-state index in [2.05, 4.69) is 5.32 Å². The maximum atomic E-state index is 12.4. The summed E-state index contributed by atoms with van der Waals surface area (Å²) in [6.07, 6.45) is 0.322. The van der Waals surface area contributed by atoms with Gasteiger partial charge in [-0.1, -0.05) is 6.92 Å². The maximum Gasteiger partial charge on any atom is 0.269 e. The number of nitro groups is 1. The predicted octanol–water partition coefficient (Wildman–Crippen LogP) is 2.78. The number of carbonyl (C=O) groups excluding carboxylic acids is 1. The zero-order valence-electron chi connectivity index (χ0n) is 12.2. The van der Waals surface area contributed by atoms with Gasteiger partial charge in [-0.15, -0.1) is 0 Å². The zero-order chi connectivity index (χ0) is 17.0. The lowest BCUT2D eigenvalue weighted by atomic mass is 10.3. The molecule has 0 aromatic heterocycles. The minimum absolute atomic E-state index is 0.0338. The van der Waals surface area contributed by atoms with Crippen molar-refractivity contribution in [3.63, 3.8) is 0 Å². The van der Waals surface area contributed by atoms with Crippen LogP contribution >= 0.6 is 0 Å². The van der Waals surface area contributed by atoms with Crippen LogP contribution < -0.4 is 5.32 Å². The molecule has 8 heteroatoms. The smallest absolute Gasteiger partial charge is 0.269 e. The van der Waals surface area contributed by atoms with Gasteiger partial charge in [0.2, 0.25) is 15.7 Å². The summed E-state index contributed by atoms with van der Waals surface area (Å²) in [5.41, 5.74) is 0.320. The van der Waals surface area contributed by atoms with Crippen LogP contribution in [0, 0.1) is 10.1 Å². The molecule has 2 rings (SSSR count). The Balaban J connectivity index is 2.28. The first-order valence-corrected chi connectivity index (χ1v) is 8.22. The molecule has 0 unspecified atom stereocenters. The lowest BCUT2D eigenvalue weighted by Crippen LogP contribution is -2.09. The number of hydrogen-bond donors (Lipinski definition) is 1. The van der Waals surface area contributed by atoms with Crippen LogP contribution in [-0.2, 0) is 14.6 Å². The normalized spacial score (nSPS) is 11.0. The molecule has 0 spiro atoms. The number of carbonyl (C=O) groups is 1. The van der Waals surface area contributed by atoms with Crippen LogP contribution in [0.15, 0.2) is 58.3 Å². The van der Waals surface area contributed by atoms with Crippen molar-refractivity contribution < 1.29 is 18.1 Å². The van der Waals surface area contributed by atoms with E-state index in [4.69, 9.17) is 0 Å². The summed E-state index contributed by atoms with van der Waals surface area (Å²) in [5, 5.41) is 13.2. The molecule has 0 atom stereocenters. The summed E-state index contributed by atoms with van der Waals surface area (Å²) in [4.78, 5) is 21.3. The van der Waals surface area contributed by atoms with Crippen molar-refractivity contribution in [1.82, 2.24) is 0 Å². The van der Waals surface area contributed by atoms with Crippen LogP contribution in [0.5, 0.6) is 0 Å². The Morgan fingerprint density at radius 1 is 1.04 bits per heavy atom. The van der Waals surface area contributed by atoms with Crippen molar-refractivity contribution in [2.75, 3.05) is 5.32 Å². The molecule has 0 aliphatic heterocycles. The molecular formula is C15H14N2O5S. The first-order valence-electron chi connectivity index (χ1n) is 6.74. The second-order valence-electron chi connectivity index (χ2n) is 4.68. The zero-order valence-corrected chi connectivity index (χ0v) is 13.0. The number of amides is 1. The minimum atomic E-state index is -3.77. The number of nitrogens with one attached hydrogen (secondary N) is 1. The molecule has 2 aromatic rings. The lowest BCUT2D eigenvalue weighted by Gasteiger charge is -2.07. The summed E-state index contributed by atoms with van der Waals surface area (Å²) in [6, 6.07) is 10.4. The fourth-order valence-electron chi connectivity index (χ4n) is 1.85. The fourth-order valence-corrected chi connectivity index (χ4v) is 3.11. The standard InChI is InChI=1S/C15H14N2O5S/c1-2-15(18)16-11-3-7-13(8-4-11)23(21,22)14-9-5-12(6-10-14)17(19)20/h3-10H,2H2,1H3,(H,16,18). The highest BCUT2D eigenvalue weighted by atomic mass is 32.2. The van der Waals surface area contributed by atoms with Crippen LogP contribution in [0.1, 0.15) is 13.3 Å². The van der Waals surface area contributed by atoms with Crippen molar-refractivity contribution in [1.29, 1.82) is 0 Å². The predicted molar refractivity (Wildman–Crippen MR) is 83.9 cm³/mol. The number of anilines is 1. The summed E-state index contributed by atoms with van der Waals surface area (Å²) < 4.78 is 24.9. The van der Waals surface area contributed by atoms with E-state index < -0.39 is 14.8 Å². The number of hydrogen-bond acceptors (Lipinski definition) is 5. The molecule has 1 N–H and O–H groups in total. The van der Waals surface area contributed by atoms with E-state index in [1.54, 1.807) is 6.92 Å². The molecule has 120 valence electrons. The number of sulfone groups is 1.